The van der Waals surface area contributed by atoms with Crippen molar-refractivity contribution >= 4 is 5.82 Å². The zero-order valence-electron chi connectivity index (χ0n) is 9.71. The summed E-state index contributed by atoms with van der Waals surface area (Å²) in [4.78, 5) is 4.11. The fourth-order valence-electron chi connectivity index (χ4n) is 1.14. The van der Waals surface area contributed by atoms with Gasteiger partial charge in [0.2, 0.25) is 0 Å². The third kappa shape index (κ3) is 4.60. The number of ether oxygens (including phenoxy) is 1. The normalized spacial score (nSPS) is 13.5. The van der Waals surface area contributed by atoms with Crippen molar-refractivity contribution in [2.24, 2.45) is 0 Å². The molecule has 1 aromatic rings. The van der Waals surface area contributed by atoms with Crippen molar-refractivity contribution < 1.29 is 17.9 Å². The lowest BCUT2D eigenvalue weighted by molar-refractivity contribution is -0.217. The molecular formula is C11H15F3N2O. The molecule has 0 spiro atoms. The van der Waals surface area contributed by atoms with E-state index >= 15 is 0 Å². The summed E-state index contributed by atoms with van der Waals surface area (Å²) in [7, 11) is 0. The zero-order chi connectivity index (χ0) is 12.9. The van der Waals surface area contributed by atoms with Crippen LogP contribution in [0.5, 0.6) is 0 Å². The number of nitrogens with one attached hydrogen (secondary N) is 1. The molecule has 0 bridgehead atoms. The minimum atomic E-state index is -4.33. The Labute approximate surface area is 98.0 Å². The fourth-order valence-corrected chi connectivity index (χ4v) is 1.14. The average molecular weight is 248 g/mol. The van der Waals surface area contributed by atoms with Crippen molar-refractivity contribution in [1.82, 2.24) is 4.98 Å². The zero-order valence-corrected chi connectivity index (χ0v) is 9.71. The Kier molecular flexibility index (Phi) is 4.74. The average Bonchev–Trinajstić information content (AvgIpc) is 2.25. The SMILES string of the molecule is CCNc1cccc(COC(C)C(F)(F)F)n1. The van der Waals surface area contributed by atoms with Crippen molar-refractivity contribution in [3.8, 4) is 0 Å². The van der Waals surface area contributed by atoms with Crippen molar-refractivity contribution in [2.75, 3.05) is 11.9 Å². The van der Waals surface area contributed by atoms with E-state index < -0.39 is 12.3 Å². The van der Waals surface area contributed by atoms with Gasteiger partial charge in [-0.05, 0) is 26.0 Å². The van der Waals surface area contributed by atoms with E-state index in [1.165, 1.54) is 0 Å². The molecule has 0 saturated heterocycles. The highest BCUT2D eigenvalue weighted by molar-refractivity contribution is 5.34. The Morgan fingerprint density at radius 1 is 1.41 bits per heavy atom. The first-order chi connectivity index (χ1) is 7.93. The molecule has 17 heavy (non-hydrogen) atoms. The molecule has 96 valence electrons. The van der Waals surface area contributed by atoms with Crippen LogP contribution in [-0.4, -0.2) is 23.8 Å². The van der Waals surface area contributed by atoms with Gasteiger partial charge >= 0.3 is 6.18 Å². The van der Waals surface area contributed by atoms with Crippen LogP contribution in [0.3, 0.4) is 0 Å². The van der Waals surface area contributed by atoms with E-state index in [-0.39, 0.29) is 6.61 Å². The summed E-state index contributed by atoms with van der Waals surface area (Å²) in [5, 5.41) is 2.98. The number of anilines is 1. The van der Waals surface area contributed by atoms with E-state index in [1.807, 2.05) is 6.92 Å². The molecule has 0 aliphatic heterocycles. The van der Waals surface area contributed by atoms with Crippen LogP contribution in [0.15, 0.2) is 18.2 Å². The standard InChI is InChI=1S/C11H15F3N2O/c1-3-15-10-6-4-5-9(16-10)7-17-8(2)11(12,13)14/h4-6,8H,3,7H2,1-2H3,(H,15,16). The quantitative estimate of drug-likeness (QED) is 0.869. The summed E-state index contributed by atoms with van der Waals surface area (Å²) >= 11 is 0. The number of pyridine rings is 1. The van der Waals surface area contributed by atoms with Gasteiger partial charge in [-0.2, -0.15) is 13.2 Å². The molecule has 1 unspecified atom stereocenters. The van der Waals surface area contributed by atoms with Gasteiger partial charge in [0.15, 0.2) is 6.10 Å². The van der Waals surface area contributed by atoms with Gasteiger partial charge in [-0.1, -0.05) is 6.07 Å². The van der Waals surface area contributed by atoms with Gasteiger partial charge < -0.3 is 10.1 Å². The van der Waals surface area contributed by atoms with E-state index in [0.29, 0.717) is 18.1 Å². The van der Waals surface area contributed by atoms with Crippen LogP contribution in [0.1, 0.15) is 19.5 Å². The summed E-state index contributed by atoms with van der Waals surface area (Å²) < 4.78 is 41.3. The largest absolute Gasteiger partial charge is 0.414 e. The highest BCUT2D eigenvalue weighted by Crippen LogP contribution is 2.23. The van der Waals surface area contributed by atoms with Crippen LogP contribution in [0.25, 0.3) is 0 Å². The van der Waals surface area contributed by atoms with Crippen LogP contribution in [-0.2, 0) is 11.3 Å². The fraction of sp³-hybridized carbons (Fsp3) is 0.545. The third-order valence-corrected chi connectivity index (χ3v) is 2.11. The summed E-state index contributed by atoms with van der Waals surface area (Å²) in [6.45, 7) is 3.45. The van der Waals surface area contributed by atoms with E-state index in [0.717, 1.165) is 6.92 Å². The molecule has 0 fully saturated rings. The van der Waals surface area contributed by atoms with Gasteiger partial charge in [-0.25, -0.2) is 4.98 Å². The molecular weight excluding hydrogens is 233 g/mol. The van der Waals surface area contributed by atoms with Crippen LogP contribution >= 0.6 is 0 Å². The summed E-state index contributed by atoms with van der Waals surface area (Å²) in [5.41, 5.74) is 0.472. The van der Waals surface area contributed by atoms with Crippen molar-refractivity contribution in [3.05, 3.63) is 23.9 Å². The Morgan fingerprint density at radius 2 is 2.12 bits per heavy atom. The van der Waals surface area contributed by atoms with Crippen molar-refractivity contribution in [2.45, 2.75) is 32.7 Å². The lowest BCUT2D eigenvalue weighted by atomic mass is 10.3. The molecule has 6 heteroatoms. The number of hydrogen-bond donors (Lipinski definition) is 1. The number of rotatable bonds is 5. The number of aromatic nitrogens is 1. The molecule has 0 aromatic carbocycles. The number of alkyl halides is 3. The van der Waals surface area contributed by atoms with Gasteiger partial charge in [0.25, 0.3) is 0 Å². The molecule has 0 amide bonds. The molecule has 0 aliphatic rings. The first-order valence-corrected chi connectivity index (χ1v) is 5.31. The molecule has 1 rings (SSSR count). The third-order valence-electron chi connectivity index (χ3n) is 2.11. The Bertz CT molecular complexity index is 355. The van der Waals surface area contributed by atoms with E-state index in [9.17, 15) is 13.2 Å². The maximum absolute atomic E-state index is 12.2. The Morgan fingerprint density at radius 3 is 2.71 bits per heavy atom. The predicted octanol–water partition coefficient (Wildman–Crippen LogP) is 2.98. The second-order valence-electron chi connectivity index (χ2n) is 3.54. The van der Waals surface area contributed by atoms with Crippen molar-refractivity contribution in [1.29, 1.82) is 0 Å². The number of nitrogens with zero attached hydrogens (tertiary/aromatic N) is 1. The smallest absolute Gasteiger partial charge is 0.370 e. The van der Waals surface area contributed by atoms with Crippen LogP contribution < -0.4 is 5.32 Å². The minimum absolute atomic E-state index is 0.153. The van der Waals surface area contributed by atoms with Gasteiger partial charge in [-0.15, -0.1) is 0 Å². The van der Waals surface area contributed by atoms with Crippen LogP contribution in [0, 0.1) is 0 Å². The maximum atomic E-state index is 12.2. The molecule has 1 aromatic heterocycles. The summed E-state index contributed by atoms with van der Waals surface area (Å²) in [6.07, 6.45) is -6.12. The first-order valence-electron chi connectivity index (χ1n) is 5.31. The van der Waals surface area contributed by atoms with Crippen molar-refractivity contribution in [3.63, 3.8) is 0 Å². The molecule has 0 radical (unpaired) electrons. The van der Waals surface area contributed by atoms with E-state index in [2.05, 4.69) is 10.3 Å². The van der Waals surface area contributed by atoms with Gasteiger partial charge in [0.1, 0.15) is 5.82 Å². The topological polar surface area (TPSA) is 34.1 Å². The molecule has 1 atom stereocenters. The van der Waals surface area contributed by atoms with Gasteiger partial charge in [-0.3, -0.25) is 0 Å². The second-order valence-corrected chi connectivity index (χ2v) is 3.54. The first kappa shape index (κ1) is 13.8. The minimum Gasteiger partial charge on any atom is -0.370 e. The molecule has 0 aliphatic carbocycles. The highest BCUT2D eigenvalue weighted by atomic mass is 19.4. The van der Waals surface area contributed by atoms with E-state index in [4.69, 9.17) is 4.74 Å². The monoisotopic (exact) mass is 248 g/mol. The molecule has 1 N–H and O–H groups in total. The maximum Gasteiger partial charge on any atom is 0.414 e. The lowest BCUT2D eigenvalue weighted by Gasteiger charge is -2.16. The predicted molar refractivity (Wildman–Crippen MR) is 58.7 cm³/mol. The number of halogens is 3. The molecule has 3 nitrogen and oxygen atoms in total. The summed E-state index contributed by atoms with van der Waals surface area (Å²) in [6, 6.07) is 5.10. The Balaban J connectivity index is 2.54. The highest BCUT2D eigenvalue weighted by Gasteiger charge is 2.36. The van der Waals surface area contributed by atoms with Crippen LogP contribution in [0.4, 0.5) is 19.0 Å². The molecule has 0 saturated carbocycles. The molecule has 1 heterocycles. The summed E-state index contributed by atoms with van der Waals surface area (Å²) in [5.74, 6) is 0.633. The van der Waals surface area contributed by atoms with Crippen LogP contribution in [0.2, 0.25) is 0 Å². The number of hydrogen-bond acceptors (Lipinski definition) is 3. The Hall–Kier alpha value is -1.30. The van der Waals surface area contributed by atoms with E-state index in [1.54, 1.807) is 18.2 Å². The second kappa shape index (κ2) is 5.86. The lowest BCUT2D eigenvalue weighted by Crippen LogP contribution is -2.28. The van der Waals surface area contributed by atoms with Gasteiger partial charge in [0.05, 0.1) is 12.3 Å². The van der Waals surface area contributed by atoms with Gasteiger partial charge in [0, 0.05) is 6.54 Å².